The molecule has 0 aromatic carbocycles. The maximum absolute atomic E-state index is 3.71. The van der Waals surface area contributed by atoms with Crippen LogP contribution < -0.4 is 0 Å². The molecule has 0 nitrogen and oxygen atoms in total. The van der Waals surface area contributed by atoms with Crippen LogP contribution in [0, 0.1) is 5.92 Å². The molecule has 11 heavy (non-hydrogen) atoms. The summed E-state index contributed by atoms with van der Waals surface area (Å²) in [6, 6.07) is 0. The zero-order chi connectivity index (χ0) is 8.69. The van der Waals surface area contributed by atoms with Gasteiger partial charge in [-0.1, -0.05) is 44.6 Å². The Hall–Kier alpha value is -0.520. The Morgan fingerprint density at radius 2 is 2.18 bits per heavy atom. The minimum Gasteiger partial charge on any atom is -0.0988 e. The van der Waals surface area contributed by atoms with E-state index in [9.17, 15) is 0 Å². The molecule has 0 aromatic rings. The third-order valence-corrected chi connectivity index (χ3v) is 2.14. The zero-order valence-corrected chi connectivity index (χ0v) is 8.06. The molecule has 0 fully saturated rings. The molecule has 0 spiro atoms. The van der Waals surface area contributed by atoms with E-state index in [4.69, 9.17) is 0 Å². The molecular formula is C11H20. The van der Waals surface area contributed by atoms with Crippen LogP contribution in [0.15, 0.2) is 24.3 Å². The van der Waals surface area contributed by atoms with E-state index in [1.165, 1.54) is 24.8 Å². The van der Waals surface area contributed by atoms with E-state index in [1.807, 2.05) is 6.08 Å². The molecule has 0 saturated carbocycles. The van der Waals surface area contributed by atoms with Crippen LogP contribution in [0.4, 0.5) is 0 Å². The summed E-state index contributed by atoms with van der Waals surface area (Å²) in [5.41, 5.74) is 1.30. The molecule has 0 amide bonds. The summed E-state index contributed by atoms with van der Waals surface area (Å²) in [7, 11) is 0. The van der Waals surface area contributed by atoms with Crippen LogP contribution in [0.25, 0.3) is 0 Å². The molecule has 0 aliphatic heterocycles. The largest absolute Gasteiger partial charge is 0.0988 e. The van der Waals surface area contributed by atoms with Gasteiger partial charge in [0, 0.05) is 0 Å². The molecular weight excluding hydrogens is 132 g/mol. The van der Waals surface area contributed by atoms with E-state index in [0.29, 0.717) is 0 Å². The summed E-state index contributed by atoms with van der Waals surface area (Å²) >= 11 is 0. The van der Waals surface area contributed by atoms with Gasteiger partial charge in [-0.3, -0.25) is 0 Å². The maximum Gasteiger partial charge on any atom is -0.0342 e. The monoisotopic (exact) mass is 152 g/mol. The molecule has 64 valence electrons. The van der Waals surface area contributed by atoms with Crippen LogP contribution >= 0.6 is 0 Å². The molecule has 0 bridgehead atoms. The van der Waals surface area contributed by atoms with Gasteiger partial charge in [0.25, 0.3) is 0 Å². The summed E-state index contributed by atoms with van der Waals surface area (Å²) in [6.07, 6.45) is 7.98. The smallest absolute Gasteiger partial charge is 0.0342 e. The van der Waals surface area contributed by atoms with Crippen LogP contribution in [0.5, 0.6) is 0 Å². The molecule has 0 rings (SSSR count). The van der Waals surface area contributed by atoms with E-state index in [-0.39, 0.29) is 0 Å². The molecule has 0 heteroatoms. The summed E-state index contributed by atoms with van der Waals surface area (Å²) in [5, 5.41) is 0. The fourth-order valence-electron chi connectivity index (χ4n) is 0.883. The average molecular weight is 152 g/mol. The first-order valence-electron chi connectivity index (χ1n) is 4.49. The number of hydrogen-bond acceptors (Lipinski definition) is 0. The first-order valence-corrected chi connectivity index (χ1v) is 4.49. The van der Waals surface area contributed by atoms with E-state index < -0.39 is 0 Å². The summed E-state index contributed by atoms with van der Waals surface area (Å²) < 4.78 is 0. The Morgan fingerprint density at radius 3 is 2.64 bits per heavy atom. The van der Waals surface area contributed by atoms with Gasteiger partial charge in [-0.05, 0) is 25.7 Å². The fourth-order valence-corrected chi connectivity index (χ4v) is 0.883. The topological polar surface area (TPSA) is 0 Å². The van der Waals surface area contributed by atoms with Crippen molar-refractivity contribution < 1.29 is 0 Å². The highest BCUT2D eigenvalue weighted by atomic mass is 14.0. The lowest BCUT2D eigenvalue weighted by Gasteiger charge is -2.04. The van der Waals surface area contributed by atoms with E-state index in [0.717, 1.165) is 5.92 Å². The van der Waals surface area contributed by atoms with Gasteiger partial charge in [-0.25, -0.2) is 0 Å². The second kappa shape index (κ2) is 6.21. The van der Waals surface area contributed by atoms with E-state index >= 15 is 0 Å². The van der Waals surface area contributed by atoms with Crippen molar-refractivity contribution in [2.24, 2.45) is 5.92 Å². The standard InChI is InChI=1S/C11H20/c1-5-10(3)8-7-9-11(4)6-2/h5,8,11H,1,6-7,9H2,2-4H3/b10-8+. The predicted molar refractivity (Wildman–Crippen MR) is 52.6 cm³/mol. The highest BCUT2D eigenvalue weighted by Gasteiger charge is 1.95. The van der Waals surface area contributed by atoms with Crippen molar-refractivity contribution in [3.63, 3.8) is 0 Å². The Labute approximate surface area is 71.0 Å². The highest BCUT2D eigenvalue weighted by molar-refractivity contribution is 5.12. The van der Waals surface area contributed by atoms with E-state index in [2.05, 4.69) is 33.4 Å². The summed E-state index contributed by atoms with van der Waals surface area (Å²) in [5.74, 6) is 0.865. The van der Waals surface area contributed by atoms with Gasteiger partial charge in [0.05, 0.1) is 0 Å². The third-order valence-electron chi connectivity index (χ3n) is 2.14. The zero-order valence-electron chi connectivity index (χ0n) is 8.06. The minimum absolute atomic E-state index is 0.865. The van der Waals surface area contributed by atoms with Crippen molar-refractivity contribution in [3.05, 3.63) is 24.3 Å². The Morgan fingerprint density at radius 1 is 1.55 bits per heavy atom. The SMILES string of the molecule is C=C/C(C)=C/CCC(C)CC. The van der Waals surface area contributed by atoms with Gasteiger partial charge in [0.1, 0.15) is 0 Å². The molecule has 1 unspecified atom stereocenters. The predicted octanol–water partition coefficient (Wildman–Crippen LogP) is 3.95. The fraction of sp³-hybridized carbons (Fsp3) is 0.636. The number of hydrogen-bond donors (Lipinski definition) is 0. The van der Waals surface area contributed by atoms with E-state index in [1.54, 1.807) is 0 Å². The molecule has 0 N–H and O–H groups in total. The molecule has 0 radical (unpaired) electrons. The van der Waals surface area contributed by atoms with Gasteiger partial charge in [0.15, 0.2) is 0 Å². The second-order valence-corrected chi connectivity index (χ2v) is 3.24. The van der Waals surface area contributed by atoms with Crippen LogP contribution in [0.2, 0.25) is 0 Å². The molecule has 0 heterocycles. The maximum atomic E-state index is 3.71. The third kappa shape index (κ3) is 5.90. The number of rotatable bonds is 5. The first kappa shape index (κ1) is 10.5. The van der Waals surface area contributed by atoms with Crippen molar-refractivity contribution in [1.82, 2.24) is 0 Å². The Kier molecular flexibility index (Phi) is 5.91. The van der Waals surface area contributed by atoms with Crippen LogP contribution in [0.3, 0.4) is 0 Å². The van der Waals surface area contributed by atoms with Gasteiger partial charge in [-0.15, -0.1) is 0 Å². The van der Waals surface area contributed by atoms with Gasteiger partial charge < -0.3 is 0 Å². The first-order chi connectivity index (χ1) is 5.20. The second-order valence-electron chi connectivity index (χ2n) is 3.24. The Bertz CT molecular complexity index is 131. The lowest BCUT2D eigenvalue weighted by molar-refractivity contribution is 0.521. The van der Waals surface area contributed by atoms with Crippen molar-refractivity contribution in [3.8, 4) is 0 Å². The summed E-state index contributed by atoms with van der Waals surface area (Å²) in [6.45, 7) is 10.4. The molecule has 0 aliphatic carbocycles. The lowest BCUT2D eigenvalue weighted by Crippen LogP contribution is -1.89. The molecule has 0 aliphatic rings. The quantitative estimate of drug-likeness (QED) is 0.523. The van der Waals surface area contributed by atoms with Crippen LogP contribution in [-0.2, 0) is 0 Å². The normalized spacial score (nSPS) is 14.6. The van der Waals surface area contributed by atoms with Crippen LogP contribution in [0.1, 0.15) is 40.0 Å². The van der Waals surface area contributed by atoms with Gasteiger partial charge in [0.2, 0.25) is 0 Å². The lowest BCUT2D eigenvalue weighted by atomic mass is 10.0. The highest BCUT2D eigenvalue weighted by Crippen LogP contribution is 2.10. The van der Waals surface area contributed by atoms with Crippen molar-refractivity contribution >= 4 is 0 Å². The van der Waals surface area contributed by atoms with Crippen LogP contribution in [-0.4, -0.2) is 0 Å². The van der Waals surface area contributed by atoms with Crippen molar-refractivity contribution in [2.45, 2.75) is 40.0 Å². The number of allylic oxidation sites excluding steroid dienone is 3. The van der Waals surface area contributed by atoms with Gasteiger partial charge in [-0.2, -0.15) is 0 Å². The molecule has 0 saturated heterocycles. The van der Waals surface area contributed by atoms with Crippen molar-refractivity contribution in [1.29, 1.82) is 0 Å². The van der Waals surface area contributed by atoms with Gasteiger partial charge >= 0.3 is 0 Å². The Balaban J connectivity index is 3.47. The summed E-state index contributed by atoms with van der Waals surface area (Å²) in [4.78, 5) is 0. The minimum atomic E-state index is 0.865. The van der Waals surface area contributed by atoms with Crippen molar-refractivity contribution in [2.75, 3.05) is 0 Å². The molecule has 0 aromatic heterocycles. The average Bonchev–Trinajstić information content (AvgIpc) is 2.04. The molecule has 1 atom stereocenters.